The van der Waals surface area contributed by atoms with E-state index in [2.05, 4.69) is 22.8 Å². The monoisotopic (exact) mass is 384 g/mol. The summed E-state index contributed by atoms with van der Waals surface area (Å²) < 4.78 is 13.5. The van der Waals surface area contributed by atoms with Gasteiger partial charge in [0.1, 0.15) is 5.82 Å². The Morgan fingerprint density at radius 3 is 2.21 bits per heavy atom. The van der Waals surface area contributed by atoms with Crippen molar-refractivity contribution in [2.24, 2.45) is 0 Å². The minimum atomic E-state index is -0.314. The lowest BCUT2D eigenvalue weighted by Gasteiger charge is -2.30. The summed E-state index contributed by atoms with van der Waals surface area (Å²) in [6.07, 6.45) is 1.24. The van der Waals surface area contributed by atoms with Crippen LogP contribution in [0.2, 0.25) is 0 Å². The highest BCUT2D eigenvalue weighted by atomic mass is 19.1. The zero-order chi connectivity index (χ0) is 19.8. The lowest BCUT2D eigenvalue weighted by atomic mass is 9.78. The molecule has 3 nitrogen and oxygen atoms in total. The van der Waals surface area contributed by atoms with E-state index in [0.29, 0.717) is 6.42 Å². The Morgan fingerprint density at radius 2 is 1.45 bits per heavy atom. The molecule has 0 bridgehead atoms. The van der Waals surface area contributed by atoms with E-state index >= 15 is 0 Å². The van der Waals surface area contributed by atoms with E-state index in [4.69, 9.17) is 0 Å². The van der Waals surface area contributed by atoms with Crippen LogP contribution in [0.3, 0.4) is 0 Å². The highest BCUT2D eigenvalue weighted by molar-refractivity contribution is 6.01. The zero-order valence-corrected chi connectivity index (χ0v) is 15.9. The Morgan fingerprint density at radius 1 is 0.759 bits per heavy atom. The molecule has 0 amide bonds. The molecule has 0 fully saturated rings. The van der Waals surface area contributed by atoms with Crippen molar-refractivity contribution in [3.8, 4) is 0 Å². The van der Waals surface area contributed by atoms with Crippen LogP contribution in [0.5, 0.6) is 0 Å². The summed E-state index contributed by atoms with van der Waals surface area (Å²) in [5.74, 6) is -0.00877. The van der Waals surface area contributed by atoms with Crippen LogP contribution < -0.4 is 10.6 Å². The van der Waals surface area contributed by atoms with E-state index in [9.17, 15) is 9.18 Å². The predicted molar refractivity (Wildman–Crippen MR) is 113 cm³/mol. The molecule has 2 N–H and O–H groups in total. The van der Waals surface area contributed by atoms with Crippen LogP contribution in [0.25, 0.3) is 0 Å². The number of nitrogens with one attached hydrogen (secondary N) is 2. The number of carbonyl (C=O) groups is 1. The Bertz CT molecular complexity index is 1090. The molecule has 0 unspecified atom stereocenters. The van der Waals surface area contributed by atoms with Crippen LogP contribution >= 0.6 is 0 Å². The molecule has 1 aliphatic carbocycles. The van der Waals surface area contributed by atoms with Gasteiger partial charge in [0.05, 0.1) is 17.4 Å². The van der Waals surface area contributed by atoms with Crippen LogP contribution in [-0.4, -0.2) is 5.78 Å². The fourth-order valence-corrected chi connectivity index (χ4v) is 4.36. The summed E-state index contributed by atoms with van der Waals surface area (Å²) in [6, 6.07) is 24.2. The maximum absolute atomic E-state index is 13.5. The molecule has 5 rings (SSSR count). The van der Waals surface area contributed by atoms with Gasteiger partial charge in [-0.2, -0.15) is 0 Å². The lowest BCUT2D eigenvalue weighted by molar-refractivity contribution is -0.116. The van der Waals surface area contributed by atoms with Crippen molar-refractivity contribution >= 4 is 17.2 Å². The first-order valence-electron chi connectivity index (χ1n) is 9.88. The van der Waals surface area contributed by atoms with Crippen molar-refractivity contribution < 1.29 is 9.18 Å². The number of halogens is 1. The third-order valence-corrected chi connectivity index (χ3v) is 5.78. The molecule has 0 saturated carbocycles. The number of Topliss-reactive ketones (excluding diaryl/α,β-unsaturated/α-hetero) is 1. The molecule has 144 valence electrons. The first-order chi connectivity index (χ1) is 14.2. The number of hydrogen-bond acceptors (Lipinski definition) is 3. The highest BCUT2D eigenvalue weighted by Crippen LogP contribution is 2.44. The van der Waals surface area contributed by atoms with Crippen molar-refractivity contribution in [1.82, 2.24) is 0 Å². The molecule has 4 heteroatoms. The maximum atomic E-state index is 13.5. The van der Waals surface area contributed by atoms with E-state index in [1.54, 1.807) is 12.1 Å². The first-order valence-corrected chi connectivity index (χ1v) is 9.88. The SMILES string of the molecule is O=C1C[C@H](c2ccccc2)CC2=C1[C@H](c1ccc(F)cc1)Nc1ccccc1N2. The molecule has 0 spiro atoms. The average molecular weight is 384 g/mol. The van der Waals surface area contributed by atoms with E-state index in [1.165, 1.54) is 17.7 Å². The van der Waals surface area contributed by atoms with Gasteiger partial charge in [0.2, 0.25) is 0 Å². The van der Waals surface area contributed by atoms with Crippen LogP contribution in [0, 0.1) is 5.82 Å². The molecule has 1 heterocycles. The molecule has 0 saturated heterocycles. The fraction of sp³-hybridized carbons (Fsp3) is 0.160. The minimum absolute atomic E-state index is 0.127. The van der Waals surface area contributed by atoms with Crippen LogP contribution in [0.4, 0.5) is 15.8 Å². The third kappa shape index (κ3) is 3.31. The normalized spacial score (nSPS) is 20.8. The van der Waals surface area contributed by atoms with Gasteiger partial charge in [-0.1, -0.05) is 54.6 Å². The van der Waals surface area contributed by atoms with Crippen molar-refractivity contribution in [3.05, 3.63) is 107 Å². The summed E-state index contributed by atoms with van der Waals surface area (Å²) in [6.45, 7) is 0. The van der Waals surface area contributed by atoms with Crippen LogP contribution in [-0.2, 0) is 4.79 Å². The molecule has 2 aliphatic rings. The van der Waals surface area contributed by atoms with Gasteiger partial charge in [-0.15, -0.1) is 0 Å². The van der Waals surface area contributed by atoms with Gasteiger partial charge >= 0.3 is 0 Å². The van der Waals surface area contributed by atoms with Gasteiger partial charge in [0, 0.05) is 17.7 Å². The van der Waals surface area contributed by atoms with Crippen molar-refractivity contribution in [2.45, 2.75) is 24.8 Å². The number of carbonyl (C=O) groups excluding carboxylic acids is 1. The average Bonchev–Trinajstić information content (AvgIpc) is 2.92. The minimum Gasteiger partial charge on any atom is -0.372 e. The Labute approximate surface area is 169 Å². The second-order valence-electron chi connectivity index (χ2n) is 7.63. The molecule has 0 aromatic heterocycles. The number of anilines is 2. The quantitative estimate of drug-likeness (QED) is 0.586. The molecule has 3 aromatic rings. The maximum Gasteiger partial charge on any atom is 0.163 e. The van der Waals surface area contributed by atoms with Crippen molar-refractivity contribution in [2.75, 3.05) is 10.6 Å². The number of para-hydroxylation sites is 2. The summed E-state index contributed by atoms with van der Waals surface area (Å²) in [5, 5.41) is 7.04. The van der Waals surface area contributed by atoms with Gasteiger partial charge in [-0.3, -0.25) is 4.79 Å². The lowest BCUT2D eigenvalue weighted by Crippen LogP contribution is -2.26. The molecule has 3 aromatic carbocycles. The second-order valence-corrected chi connectivity index (χ2v) is 7.63. The summed E-state index contributed by atoms with van der Waals surface area (Å²) in [5.41, 5.74) is 5.63. The van der Waals surface area contributed by atoms with Gasteiger partial charge < -0.3 is 10.6 Å². The van der Waals surface area contributed by atoms with Crippen molar-refractivity contribution in [1.29, 1.82) is 0 Å². The Balaban J connectivity index is 1.61. The van der Waals surface area contributed by atoms with Gasteiger partial charge in [0.25, 0.3) is 0 Å². The van der Waals surface area contributed by atoms with Crippen molar-refractivity contribution in [3.63, 3.8) is 0 Å². The number of ketones is 1. The first kappa shape index (κ1) is 17.7. The fourth-order valence-electron chi connectivity index (χ4n) is 4.36. The molecule has 2 atom stereocenters. The van der Waals surface area contributed by atoms with E-state index < -0.39 is 0 Å². The van der Waals surface area contributed by atoms with Crippen LogP contribution in [0.15, 0.2) is 90.1 Å². The topological polar surface area (TPSA) is 41.1 Å². The number of hydrogen-bond donors (Lipinski definition) is 2. The molecule has 0 radical (unpaired) electrons. The number of allylic oxidation sites excluding steroid dienone is 1. The second kappa shape index (κ2) is 7.21. The van der Waals surface area contributed by atoms with Gasteiger partial charge in [0.15, 0.2) is 5.78 Å². The Hall–Kier alpha value is -3.40. The molecular weight excluding hydrogens is 363 g/mol. The number of fused-ring (bicyclic) bond motifs is 1. The summed E-state index contributed by atoms with van der Waals surface area (Å²) in [4.78, 5) is 13.4. The standard InChI is InChI=1S/C25H21FN2O/c26-19-12-10-17(11-13-19)25-24-22(27-20-8-4-5-9-21(20)28-25)14-18(15-23(24)29)16-6-2-1-3-7-16/h1-13,18,25,27-28H,14-15H2/t18-,25+/m1/s1. The number of benzene rings is 3. The highest BCUT2D eigenvalue weighted by Gasteiger charge is 2.35. The summed E-state index contributed by atoms with van der Waals surface area (Å²) >= 11 is 0. The van der Waals surface area contributed by atoms with Crippen LogP contribution in [0.1, 0.15) is 35.9 Å². The van der Waals surface area contributed by atoms with E-state index in [1.807, 2.05) is 42.5 Å². The van der Waals surface area contributed by atoms with E-state index in [0.717, 1.165) is 34.6 Å². The number of rotatable bonds is 2. The Kier molecular flexibility index (Phi) is 4.39. The summed E-state index contributed by atoms with van der Waals surface area (Å²) in [7, 11) is 0. The smallest absolute Gasteiger partial charge is 0.163 e. The third-order valence-electron chi connectivity index (χ3n) is 5.78. The molecule has 29 heavy (non-hydrogen) atoms. The molecule has 1 aliphatic heterocycles. The van der Waals surface area contributed by atoms with Gasteiger partial charge in [-0.25, -0.2) is 4.39 Å². The predicted octanol–water partition coefficient (Wildman–Crippen LogP) is 5.81. The largest absolute Gasteiger partial charge is 0.372 e. The van der Waals surface area contributed by atoms with Gasteiger partial charge in [-0.05, 0) is 47.7 Å². The zero-order valence-electron chi connectivity index (χ0n) is 15.9. The van der Waals surface area contributed by atoms with E-state index in [-0.39, 0.29) is 23.6 Å². The molecular formula is C25H21FN2O.